The Morgan fingerprint density at radius 1 is 1.64 bits per heavy atom. The second-order valence-electron chi connectivity index (χ2n) is 1.81. The average Bonchev–Trinajstić information content (AvgIpc) is 2.37. The molecule has 0 aliphatic heterocycles. The molecule has 0 saturated heterocycles. The van der Waals surface area contributed by atoms with Crippen molar-refractivity contribution in [2.24, 2.45) is 0 Å². The summed E-state index contributed by atoms with van der Waals surface area (Å²) in [6, 6.07) is 0. The molecule has 6 nitrogen and oxygen atoms in total. The van der Waals surface area contributed by atoms with Gasteiger partial charge in [-0.1, -0.05) is 5.16 Å². The van der Waals surface area contributed by atoms with E-state index in [0.29, 0.717) is 5.69 Å². The fourth-order valence-electron chi connectivity index (χ4n) is 0.493. The van der Waals surface area contributed by atoms with Gasteiger partial charge in [0, 0.05) is 0 Å². The van der Waals surface area contributed by atoms with E-state index in [2.05, 4.69) is 25.0 Å². The molecular formula is C5H7N3O3. The number of nitrogens with zero attached hydrogens (tertiary/aromatic N) is 2. The van der Waals surface area contributed by atoms with Crippen LogP contribution in [0.15, 0.2) is 4.63 Å². The first-order valence-electron chi connectivity index (χ1n) is 2.88. The monoisotopic (exact) mass is 157 g/mol. The molecule has 1 heterocycles. The molecule has 1 amide bonds. The fraction of sp³-hybridized carbons (Fsp3) is 0.400. The first-order valence-corrected chi connectivity index (χ1v) is 2.88. The minimum atomic E-state index is -0.594. The highest BCUT2D eigenvalue weighted by atomic mass is 16.6. The molecule has 11 heavy (non-hydrogen) atoms. The zero-order valence-corrected chi connectivity index (χ0v) is 6.12. The Morgan fingerprint density at radius 3 is 2.82 bits per heavy atom. The number of methoxy groups -OCH3 is 1. The van der Waals surface area contributed by atoms with Crippen LogP contribution >= 0.6 is 0 Å². The van der Waals surface area contributed by atoms with Gasteiger partial charge >= 0.3 is 6.09 Å². The van der Waals surface area contributed by atoms with Gasteiger partial charge in [-0.2, -0.15) is 0 Å². The Balaban J connectivity index is 2.64. The number of aryl methyl sites for hydroxylation is 1. The minimum Gasteiger partial charge on any atom is -0.453 e. The van der Waals surface area contributed by atoms with Gasteiger partial charge in [0.2, 0.25) is 5.82 Å². The van der Waals surface area contributed by atoms with Crippen molar-refractivity contribution in [3.63, 3.8) is 0 Å². The highest BCUT2D eigenvalue weighted by Gasteiger charge is 2.07. The van der Waals surface area contributed by atoms with Crippen LogP contribution in [-0.2, 0) is 4.74 Å². The molecule has 0 atom stereocenters. The zero-order chi connectivity index (χ0) is 8.27. The highest BCUT2D eigenvalue weighted by molar-refractivity contribution is 5.83. The number of nitrogens with one attached hydrogen (secondary N) is 1. The Kier molecular flexibility index (Phi) is 2.05. The van der Waals surface area contributed by atoms with Crippen LogP contribution in [0, 0.1) is 6.92 Å². The summed E-state index contributed by atoms with van der Waals surface area (Å²) in [7, 11) is 1.26. The van der Waals surface area contributed by atoms with E-state index in [1.165, 1.54) is 7.11 Å². The van der Waals surface area contributed by atoms with Crippen molar-refractivity contribution >= 4 is 11.9 Å². The summed E-state index contributed by atoms with van der Waals surface area (Å²) in [5, 5.41) is 9.16. The fourth-order valence-corrected chi connectivity index (χ4v) is 0.493. The predicted molar refractivity (Wildman–Crippen MR) is 35.1 cm³/mol. The highest BCUT2D eigenvalue weighted by Crippen LogP contribution is 2.06. The van der Waals surface area contributed by atoms with Crippen molar-refractivity contribution in [1.82, 2.24) is 10.3 Å². The van der Waals surface area contributed by atoms with E-state index in [4.69, 9.17) is 0 Å². The summed E-state index contributed by atoms with van der Waals surface area (Å²) >= 11 is 0. The van der Waals surface area contributed by atoms with E-state index in [1.54, 1.807) is 6.92 Å². The van der Waals surface area contributed by atoms with Crippen molar-refractivity contribution in [2.75, 3.05) is 12.4 Å². The standard InChI is InChI=1S/C5H7N3O3/c1-3-4(8-11-7-3)6-5(9)10-2/h1-2H3,(H,6,8,9). The van der Waals surface area contributed by atoms with E-state index in [1.807, 2.05) is 0 Å². The van der Waals surface area contributed by atoms with Gasteiger partial charge in [0.25, 0.3) is 0 Å². The number of carbonyl (C=O) groups is 1. The average molecular weight is 157 g/mol. The molecule has 0 spiro atoms. The first kappa shape index (κ1) is 7.52. The Morgan fingerprint density at radius 2 is 2.36 bits per heavy atom. The lowest BCUT2D eigenvalue weighted by molar-refractivity contribution is 0.186. The van der Waals surface area contributed by atoms with Crippen LogP contribution < -0.4 is 5.32 Å². The summed E-state index contributed by atoms with van der Waals surface area (Å²) in [4.78, 5) is 10.6. The molecule has 1 N–H and O–H groups in total. The lowest BCUT2D eigenvalue weighted by atomic mass is 10.5. The van der Waals surface area contributed by atoms with E-state index in [0.717, 1.165) is 0 Å². The molecule has 0 radical (unpaired) electrons. The summed E-state index contributed by atoms with van der Waals surface area (Å²) in [6.45, 7) is 1.65. The quantitative estimate of drug-likeness (QED) is 0.644. The van der Waals surface area contributed by atoms with Crippen molar-refractivity contribution in [1.29, 1.82) is 0 Å². The van der Waals surface area contributed by atoms with Crippen LogP contribution in [0.2, 0.25) is 0 Å². The number of rotatable bonds is 1. The van der Waals surface area contributed by atoms with Crippen LogP contribution in [-0.4, -0.2) is 23.5 Å². The molecule has 0 aromatic carbocycles. The molecule has 0 fully saturated rings. The molecule has 1 aromatic rings. The summed E-state index contributed by atoms with van der Waals surface area (Å²) < 4.78 is 8.64. The molecule has 0 aliphatic carbocycles. The second kappa shape index (κ2) is 3.00. The smallest absolute Gasteiger partial charge is 0.412 e. The van der Waals surface area contributed by atoms with Crippen molar-refractivity contribution in [3.8, 4) is 0 Å². The third-order valence-electron chi connectivity index (χ3n) is 1.06. The zero-order valence-electron chi connectivity index (χ0n) is 6.12. The molecule has 60 valence electrons. The van der Waals surface area contributed by atoms with Gasteiger partial charge < -0.3 is 4.74 Å². The number of hydrogen-bond donors (Lipinski definition) is 1. The number of carbonyl (C=O) groups excluding carboxylic acids is 1. The predicted octanol–water partition coefficient (Wildman–Crippen LogP) is 0.556. The van der Waals surface area contributed by atoms with Gasteiger partial charge in [0.15, 0.2) is 0 Å². The Labute approximate surface area is 62.5 Å². The van der Waals surface area contributed by atoms with Crippen LogP contribution in [0.3, 0.4) is 0 Å². The Bertz CT molecular complexity index is 257. The summed E-state index contributed by atoms with van der Waals surface area (Å²) in [5.74, 6) is 0.275. The van der Waals surface area contributed by atoms with Crippen LogP contribution in [0.1, 0.15) is 5.69 Å². The van der Waals surface area contributed by atoms with Crippen molar-refractivity contribution in [3.05, 3.63) is 5.69 Å². The van der Waals surface area contributed by atoms with E-state index in [-0.39, 0.29) is 5.82 Å². The van der Waals surface area contributed by atoms with Crippen LogP contribution in [0.5, 0.6) is 0 Å². The van der Waals surface area contributed by atoms with Gasteiger partial charge in [-0.05, 0) is 12.1 Å². The van der Waals surface area contributed by atoms with Crippen molar-refractivity contribution < 1.29 is 14.2 Å². The number of anilines is 1. The largest absolute Gasteiger partial charge is 0.453 e. The number of aromatic nitrogens is 2. The lowest BCUT2D eigenvalue weighted by Gasteiger charge is -1.96. The molecule has 0 aliphatic rings. The second-order valence-corrected chi connectivity index (χ2v) is 1.81. The van der Waals surface area contributed by atoms with Gasteiger partial charge in [0.05, 0.1) is 7.11 Å². The molecule has 0 unspecified atom stereocenters. The molecule has 1 aromatic heterocycles. The summed E-state index contributed by atoms with van der Waals surface area (Å²) in [6.07, 6.45) is -0.594. The minimum absolute atomic E-state index is 0.275. The molecule has 6 heteroatoms. The lowest BCUT2D eigenvalue weighted by Crippen LogP contribution is -2.11. The van der Waals surface area contributed by atoms with E-state index in [9.17, 15) is 4.79 Å². The van der Waals surface area contributed by atoms with Gasteiger partial charge in [-0.15, -0.1) is 0 Å². The maximum absolute atomic E-state index is 10.6. The third kappa shape index (κ3) is 1.66. The maximum Gasteiger partial charge on any atom is 0.412 e. The van der Waals surface area contributed by atoms with Gasteiger partial charge in [0.1, 0.15) is 5.69 Å². The topological polar surface area (TPSA) is 77.2 Å². The first-order chi connectivity index (χ1) is 5.24. The van der Waals surface area contributed by atoms with Gasteiger partial charge in [-0.3, -0.25) is 5.32 Å². The number of amides is 1. The summed E-state index contributed by atoms with van der Waals surface area (Å²) in [5.41, 5.74) is 0.510. The molecular weight excluding hydrogens is 150 g/mol. The number of hydrogen-bond acceptors (Lipinski definition) is 5. The van der Waals surface area contributed by atoms with E-state index < -0.39 is 6.09 Å². The van der Waals surface area contributed by atoms with Crippen LogP contribution in [0.4, 0.5) is 10.6 Å². The van der Waals surface area contributed by atoms with E-state index >= 15 is 0 Å². The molecule has 0 bridgehead atoms. The normalized spacial score (nSPS) is 9.27. The number of ether oxygens (including phenoxy) is 1. The SMILES string of the molecule is COC(=O)Nc1nonc1C. The maximum atomic E-state index is 10.6. The third-order valence-corrected chi connectivity index (χ3v) is 1.06. The Hall–Kier alpha value is -1.59. The van der Waals surface area contributed by atoms with Crippen LogP contribution in [0.25, 0.3) is 0 Å². The van der Waals surface area contributed by atoms with Crippen molar-refractivity contribution in [2.45, 2.75) is 6.92 Å². The molecule has 1 rings (SSSR count). The van der Waals surface area contributed by atoms with Gasteiger partial charge in [-0.25, -0.2) is 9.42 Å². The molecule has 0 saturated carbocycles.